The first kappa shape index (κ1) is 54.9. The van der Waals surface area contributed by atoms with Gasteiger partial charge in [0.2, 0.25) is 0 Å². The number of carbonyl (C=O) groups excluding carboxylic acids is 4. The van der Waals surface area contributed by atoms with Crippen molar-refractivity contribution < 1.29 is 37.4 Å². The molecule has 8 rings (SSSR count). The van der Waals surface area contributed by atoms with Crippen LogP contribution in [0.5, 0.6) is 0 Å². The minimum absolute atomic E-state index is 0. The largest absolute Gasteiger partial charge is 0.444 e. The van der Waals surface area contributed by atoms with E-state index in [4.69, 9.17) is 9.47 Å². The van der Waals surface area contributed by atoms with E-state index in [1.54, 1.807) is 43.0 Å². The Labute approximate surface area is 411 Å². The van der Waals surface area contributed by atoms with E-state index in [9.17, 15) is 28.0 Å². The Bertz CT molecular complexity index is 1970. The standard InChI is InChI=1S/C22H31FN2O3.C17H23FN2O.C14H26N2O2.ClH/c1-15-18(10-7-11-19(15)23)20(26)25(16-8-5-6-9-16)17-12-13-24(14-17)21(27)28-22(2,3)4;1-12-15(7-4-8-16(12)18)17(21)20(13-5-2-3-6-13)14-9-10-19-11-14;1-14(2,3)18-13(17)16-9-8-12(10-16)15-11-6-4-5-7-11;/h7,10-11,16-17H,5-6,8-9,12-14H2,1-4H3;4,7-8,13-14,19H,2-3,5-6,9-11H2,1H3;11-12,15H,4-10H2,1-3H3;1H/t17-;14-;12-;/m000./s1. The van der Waals surface area contributed by atoms with Crippen molar-refractivity contribution in [2.45, 2.75) is 199 Å². The van der Waals surface area contributed by atoms with Crippen LogP contribution in [0, 0.1) is 25.5 Å². The Morgan fingerprint density at radius 3 is 1.49 bits per heavy atom. The van der Waals surface area contributed by atoms with E-state index in [0.29, 0.717) is 53.5 Å². The Morgan fingerprint density at radius 2 is 1.03 bits per heavy atom. The summed E-state index contributed by atoms with van der Waals surface area (Å²) in [6.45, 7) is 19.1. The first-order valence-corrected chi connectivity index (χ1v) is 25.4. The van der Waals surface area contributed by atoms with E-state index in [0.717, 1.165) is 84.0 Å². The number of benzene rings is 2. The van der Waals surface area contributed by atoms with Crippen LogP contribution in [0.15, 0.2) is 36.4 Å². The fourth-order valence-corrected chi connectivity index (χ4v) is 10.7. The molecule has 6 fully saturated rings. The van der Waals surface area contributed by atoms with E-state index in [1.165, 1.54) is 50.7 Å². The number of amides is 4. The van der Waals surface area contributed by atoms with Gasteiger partial charge in [0.15, 0.2) is 0 Å². The highest BCUT2D eigenvalue weighted by molar-refractivity contribution is 5.97. The third kappa shape index (κ3) is 15.0. The van der Waals surface area contributed by atoms with E-state index in [1.807, 2.05) is 51.3 Å². The highest BCUT2D eigenvalue weighted by Gasteiger charge is 2.40. The highest BCUT2D eigenvalue weighted by atomic mass is 35.5. The van der Waals surface area contributed by atoms with Crippen molar-refractivity contribution in [2.24, 2.45) is 0 Å². The summed E-state index contributed by atoms with van der Waals surface area (Å²) < 4.78 is 38.7. The topological polar surface area (TPSA) is 124 Å². The van der Waals surface area contributed by atoms with Crippen LogP contribution < -0.4 is 10.6 Å². The molecule has 0 spiro atoms. The molecule has 68 heavy (non-hydrogen) atoms. The second kappa shape index (κ2) is 24.7. The molecule has 3 aliphatic heterocycles. The maximum atomic E-state index is 14.0. The number of nitrogens with one attached hydrogen (secondary N) is 2. The van der Waals surface area contributed by atoms with E-state index in [-0.39, 0.29) is 66.2 Å². The van der Waals surface area contributed by atoms with Crippen molar-refractivity contribution >= 4 is 36.4 Å². The predicted octanol–water partition coefficient (Wildman–Crippen LogP) is 10.4. The molecule has 12 nitrogen and oxygen atoms in total. The Kier molecular flexibility index (Phi) is 20.0. The van der Waals surface area contributed by atoms with Gasteiger partial charge >= 0.3 is 12.2 Å². The van der Waals surface area contributed by atoms with Crippen LogP contribution in [0.3, 0.4) is 0 Å². The quantitative estimate of drug-likeness (QED) is 0.268. The zero-order chi connectivity index (χ0) is 48.5. The smallest absolute Gasteiger partial charge is 0.410 e. The molecule has 6 aliphatic rings. The summed E-state index contributed by atoms with van der Waals surface area (Å²) in [5, 5.41) is 7.02. The van der Waals surface area contributed by atoms with Gasteiger partial charge in [0, 0.05) is 74.1 Å². The fraction of sp³-hybridized carbons (Fsp3) is 0.698. The summed E-state index contributed by atoms with van der Waals surface area (Å²) in [6.07, 6.45) is 16.2. The highest BCUT2D eigenvalue weighted by Crippen LogP contribution is 2.32. The predicted molar refractivity (Wildman–Crippen MR) is 265 cm³/mol. The van der Waals surface area contributed by atoms with Crippen LogP contribution >= 0.6 is 12.4 Å². The second-order valence-electron chi connectivity index (χ2n) is 21.7. The van der Waals surface area contributed by atoms with Gasteiger partial charge in [-0.25, -0.2) is 18.4 Å². The number of nitrogens with zero attached hydrogens (tertiary/aromatic N) is 4. The first-order valence-electron chi connectivity index (χ1n) is 25.4. The van der Waals surface area contributed by atoms with Gasteiger partial charge in [-0.1, -0.05) is 50.7 Å². The second-order valence-corrected chi connectivity index (χ2v) is 21.7. The molecule has 3 heterocycles. The lowest BCUT2D eigenvalue weighted by Gasteiger charge is -2.35. The number of likely N-dealkylation sites (tertiary alicyclic amines) is 2. The number of hydrogen-bond acceptors (Lipinski definition) is 8. The van der Waals surface area contributed by atoms with Gasteiger partial charge in [-0.05, 0) is 155 Å². The molecule has 2 aromatic rings. The molecule has 0 radical (unpaired) electrons. The van der Waals surface area contributed by atoms with Gasteiger partial charge in [-0.3, -0.25) is 9.59 Å². The van der Waals surface area contributed by atoms with Gasteiger partial charge in [0.1, 0.15) is 22.8 Å². The first-order chi connectivity index (χ1) is 31.8. The lowest BCUT2D eigenvalue weighted by atomic mass is 10.0. The van der Waals surface area contributed by atoms with Crippen LogP contribution in [-0.4, -0.2) is 130 Å². The lowest BCUT2D eigenvalue weighted by Crippen LogP contribution is -2.48. The summed E-state index contributed by atoms with van der Waals surface area (Å²) in [7, 11) is 0. The number of rotatable bonds is 8. The molecule has 4 amide bonds. The average Bonchev–Trinajstić information content (AvgIpc) is 4.12. The fourth-order valence-electron chi connectivity index (χ4n) is 10.7. The molecule has 15 heteroatoms. The molecule has 0 aromatic heterocycles. The van der Waals surface area contributed by atoms with Crippen molar-refractivity contribution in [1.29, 1.82) is 0 Å². The Morgan fingerprint density at radius 1 is 0.588 bits per heavy atom. The lowest BCUT2D eigenvalue weighted by molar-refractivity contribution is 0.0263. The molecule has 0 bridgehead atoms. The summed E-state index contributed by atoms with van der Waals surface area (Å²) in [6, 6.07) is 11.3. The van der Waals surface area contributed by atoms with Crippen LogP contribution in [-0.2, 0) is 9.47 Å². The molecule has 2 aromatic carbocycles. The Hall–Kier alpha value is -4.01. The van der Waals surface area contributed by atoms with Gasteiger partial charge < -0.3 is 39.7 Å². The van der Waals surface area contributed by atoms with E-state index < -0.39 is 11.2 Å². The molecule has 3 atom stereocenters. The number of halogens is 3. The van der Waals surface area contributed by atoms with Gasteiger partial charge in [-0.15, -0.1) is 12.4 Å². The summed E-state index contributed by atoms with van der Waals surface area (Å²) in [5.74, 6) is -0.775. The SMILES string of the molecule is CC(C)(C)OC(=O)N1CC[C@H](NC2CCCC2)C1.Cc1c(F)cccc1C(=O)N(C1CCCC1)[C@H]1CCN(C(=O)OC(C)(C)C)C1.Cc1c(F)cccc1C(=O)N(C1CCCC1)[C@H]1CCNC1.Cl. The maximum Gasteiger partial charge on any atom is 0.410 e. The summed E-state index contributed by atoms with van der Waals surface area (Å²) >= 11 is 0. The number of ether oxygens (including phenoxy) is 2. The van der Waals surface area contributed by atoms with Crippen LogP contribution in [0.25, 0.3) is 0 Å². The minimum atomic E-state index is -0.547. The molecule has 3 saturated carbocycles. The Balaban J connectivity index is 0.000000194. The molecular formula is C53H81ClF2N6O6. The summed E-state index contributed by atoms with van der Waals surface area (Å²) in [5.41, 5.74) is 0.855. The zero-order valence-corrected chi connectivity index (χ0v) is 43.0. The van der Waals surface area contributed by atoms with E-state index in [2.05, 4.69) is 15.5 Å². The molecule has 380 valence electrons. The maximum absolute atomic E-state index is 14.0. The normalized spacial score (nSPS) is 22.2. The van der Waals surface area contributed by atoms with Crippen LogP contribution in [0.1, 0.15) is 170 Å². The van der Waals surface area contributed by atoms with Crippen LogP contribution in [0.2, 0.25) is 0 Å². The summed E-state index contributed by atoms with van der Waals surface area (Å²) in [4.78, 5) is 58.3. The van der Waals surface area contributed by atoms with Crippen molar-refractivity contribution in [2.75, 3.05) is 39.3 Å². The number of hydrogen-bond donors (Lipinski definition) is 2. The third-order valence-electron chi connectivity index (χ3n) is 14.2. The molecule has 2 N–H and O–H groups in total. The van der Waals surface area contributed by atoms with Gasteiger partial charge in [0.05, 0.1) is 6.04 Å². The number of carbonyl (C=O) groups is 4. The van der Waals surface area contributed by atoms with Crippen molar-refractivity contribution in [3.05, 3.63) is 70.3 Å². The average molecular weight is 972 g/mol. The van der Waals surface area contributed by atoms with Crippen molar-refractivity contribution in [3.63, 3.8) is 0 Å². The minimum Gasteiger partial charge on any atom is -0.444 e. The molecular weight excluding hydrogens is 890 g/mol. The van der Waals surface area contributed by atoms with E-state index >= 15 is 0 Å². The molecule has 0 unspecified atom stereocenters. The van der Waals surface area contributed by atoms with Crippen molar-refractivity contribution in [1.82, 2.24) is 30.2 Å². The molecule has 3 aliphatic carbocycles. The van der Waals surface area contributed by atoms with Gasteiger partial charge in [0.25, 0.3) is 11.8 Å². The van der Waals surface area contributed by atoms with Gasteiger partial charge in [-0.2, -0.15) is 0 Å². The molecule has 3 saturated heterocycles. The zero-order valence-electron chi connectivity index (χ0n) is 42.2. The van der Waals surface area contributed by atoms with Crippen molar-refractivity contribution in [3.8, 4) is 0 Å². The monoisotopic (exact) mass is 971 g/mol. The third-order valence-corrected chi connectivity index (χ3v) is 14.2. The van der Waals surface area contributed by atoms with Crippen LogP contribution in [0.4, 0.5) is 18.4 Å².